The van der Waals surface area contributed by atoms with E-state index in [1.807, 2.05) is 12.1 Å². The summed E-state index contributed by atoms with van der Waals surface area (Å²) < 4.78 is 5.17. The predicted molar refractivity (Wildman–Crippen MR) is 86.0 cm³/mol. The zero-order valence-corrected chi connectivity index (χ0v) is 13.6. The number of hydrogen-bond acceptors (Lipinski definition) is 2. The largest absolute Gasteiger partial charge is 0.494 e. The summed E-state index contributed by atoms with van der Waals surface area (Å²) in [5.41, 5.74) is 1.11. The number of rotatable bonds is 4. The van der Waals surface area contributed by atoms with Gasteiger partial charge in [0.25, 0.3) is 0 Å². The number of halogens is 2. The standard InChI is InChI=1S/C16H23Cl2NO/c1-20-16-14(17)9-12(10-15(16)18)11-19-13-7-5-3-2-4-6-8-13/h9-10,13,19H,2-8,11H2,1H3. The zero-order valence-electron chi connectivity index (χ0n) is 12.1. The molecule has 0 aromatic heterocycles. The maximum Gasteiger partial charge on any atom is 0.156 e. The van der Waals surface area contributed by atoms with E-state index in [9.17, 15) is 0 Å². The third-order valence-corrected chi connectivity index (χ3v) is 4.52. The van der Waals surface area contributed by atoms with Crippen LogP contribution in [0.3, 0.4) is 0 Å². The highest BCUT2D eigenvalue weighted by molar-refractivity contribution is 6.37. The van der Waals surface area contributed by atoms with E-state index in [0.717, 1.165) is 12.1 Å². The first kappa shape index (κ1) is 15.9. The van der Waals surface area contributed by atoms with Crippen LogP contribution in [0, 0.1) is 0 Å². The first-order chi connectivity index (χ1) is 9.70. The molecular formula is C16H23Cl2NO. The molecule has 0 radical (unpaired) electrons. The zero-order chi connectivity index (χ0) is 14.4. The maximum absolute atomic E-state index is 6.17. The number of ether oxygens (including phenoxy) is 1. The van der Waals surface area contributed by atoms with Gasteiger partial charge >= 0.3 is 0 Å². The monoisotopic (exact) mass is 315 g/mol. The van der Waals surface area contributed by atoms with Gasteiger partial charge in [0.2, 0.25) is 0 Å². The van der Waals surface area contributed by atoms with E-state index < -0.39 is 0 Å². The van der Waals surface area contributed by atoms with Gasteiger partial charge in [0.05, 0.1) is 17.2 Å². The minimum Gasteiger partial charge on any atom is -0.494 e. The normalized spacial score (nSPS) is 17.6. The molecule has 0 aliphatic heterocycles. The minimum atomic E-state index is 0.558. The number of hydrogen-bond donors (Lipinski definition) is 1. The SMILES string of the molecule is COc1c(Cl)cc(CNC2CCCCCCC2)cc1Cl. The predicted octanol–water partition coefficient (Wildman–Crippen LogP) is 5.20. The molecule has 112 valence electrons. The molecule has 1 N–H and O–H groups in total. The van der Waals surface area contributed by atoms with Gasteiger partial charge in [0, 0.05) is 12.6 Å². The van der Waals surface area contributed by atoms with Crippen molar-refractivity contribution in [1.82, 2.24) is 5.32 Å². The minimum absolute atomic E-state index is 0.558. The molecule has 1 aliphatic rings. The lowest BCUT2D eigenvalue weighted by molar-refractivity contribution is 0.388. The molecule has 0 atom stereocenters. The summed E-state index contributed by atoms with van der Waals surface area (Å²) in [6.45, 7) is 0.814. The molecule has 1 aromatic carbocycles. The Morgan fingerprint density at radius 3 is 2.15 bits per heavy atom. The first-order valence-corrected chi connectivity index (χ1v) is 8.21. The molecule has 20 heavy (non-hydrogen) atoms. The highest BCUT2D eigenvalue weighted by Gasteiger charge is 2.12. The quantitative estimate of drug-likeness (QED) is 0.824. The van der Waals surface area contributed by atoms with Gasteiger partial charge in [0.1, 0.15) is 0 Å². The van der Waals surface area contributed by atoms with Gasteiger partial charge in [-0.05, 0) is 30.5 Å². The van der Waals surface area contributed by atoms with Crippen LogP contribution in [-0.2, 0) is 6.54 Å². The molecule has 0 amide bonds. The van der Waals surface area contributed by atoms with Gasteiger partial charge in [-0.25, -0.2) is 0 Å². The summed E-state index contributed by atoms with van der Waals surface area (Å²) in [5.74, 6) is 0.558. The van der Waals surface area contributed by atoms with Crippen molar-refractivity contribution in [2.75, 3.05) is 7.11 Å². The van der Waals surface area contributed by atoms with Crippen LogP contribution >= 0.6 is 23.2 Å². The van der Waals surface area contributed by atoms with E-state index >= 15 is 0 Å². The van der Waals surface area contributed by atoms with E-state index in [-0.39, 0.29) is 0 Å². The highest BCUT2D eigenvalue weighted by Crippen LogP contribution is 2.33. The van der Waals surface area contributed by atoms with Crippen LogP contribution in [0.15, 0.2) is 12.1 Å². The Balaban J connectivity index is 1.92. The Labute approximate surface area is 131 Å². The van der Waals surface area contributed by atoms with Gasteiger partial charge in [-0.1, -0.05) is 55.3 Å². The Hall–Kier alpha value is -0.440. The second-order valence-corrected chi connectivity index (χ2v) is 6.33. The molecular weight excluding hydrogens is 293 g/mol. The van der Waals surface area contributed by atoms with E-state index in [1.54, 1.807) is 7.11 Å². The molecule has 1 aliphatic carbocycles. The van der Waals surface area contributed by atoms with Crippen LogP contribution in [-0.4, -0.2) is 13.2 Å². The van der Waals surface area contributed by atoms with Crippen molar-refractivity contribution in [2.24, 2.45) is 0 Å². The van der Waals surface area contributed by atoms with Gasteiger partial charge < -0.3 is 10.1 Å². The Kier molecular flexibility index (Phi) is 6.47. The summed E-state index contributed by atoms with van der Waals surface area (Å²) >= 11 is 12.3. The van der Waals surface area contributed by atoms with Crippen molar-refractivity contribution in [1.29, 1.82) is 0 Å². The third kappa shape index (κ3) is 4.54. The Morgan fingerprint density at radius 2 is 1.60 bits per heavy atom. The third-order valence-electron chi connectivity index (χ3n) is 3.96. The number of nitrogens with one attached hydrogen (secondary N) is 1. The molecule has 0 saturated heterocycles. The van der Waals surface area contributed by atoms with Gasteiger partial charge in [-0.3, -0.25) is 0 Å². The molecule has 0 spiro atoms. The molecule has 1 saturated carbocycles. The molecule has 2 nitrogen and oxygen atoms in total. The summed E-state index contributed by atoms with van der Waals surface area (Å²) in [4.78, 5) is 0. The molecule has 0 unspecified atom stereocenters. The lowest BCUT2D eigenvalue weighted by Crippen LogP contribution is -2.29. The van der Waals surface area contributed by atoms with E-state index in [4.69, 9.17) is 27.9 Å². The smallest absolute Gasteiger partial charge is 0.156 e. The average molecular weight is 316 g/mol. The topological polar surface area (TPSA) is 21.3 Å². The van der Waals surface area contributed by atoms with Crippen molar-refractivity contribution in [2.45, 2.75) is 57.5 Å². The Morgan fingerprint density at radius 1 is 1.05 bits per heavy atom. The molecule has 2 rings (SSSR count). The first-order valence-electron chi connectivity index (χ1n) is 7.46. The van der Waals surface area contributed by atoms with Crippen LogP contribution in [0.4, 0.5) is 0 Å². The van der Waals surface area contributed by atoms with E-state index in [0.29, 0.717) is 21.8 Å². The van der Waals surface area contributed by atoms with Crippen LogP contribution < -0.4 is 10.1 Å². The summed E-state index contributed by atoms with van der Waals surface area (Å²) in [7, 11) is 1.58. The van der Waals surface area contributed by atoms with Gasteiger partial charge in [0.15, 0.2) is 5.75 Å². The second-order valence-electron chi connectivity index (χ2n) is 5.52. The fourth-order valence-corrected chi connectivity index (χ4v) is 3.52. The van der Waals surface area contributed by atoms with Crippen molar-refractivity contribution >= 4 is 23.2 Å². The fraction of sp³-hybridized carbons (Fsp3) is 0.625. The van der Waals surface area contributed by atoms with Crippen molar-refractivity contribution in [3.8, 4) is 5.75 Å². The lowest BCUT2D eigenvalue weighted by Gasteiger charge is -2.21. The van der Waals surface area contributed by atoms with Gasteiger partial charge in [-0.15, -0.1) is 0 Å². The van der Waals surface area contributed by atoms with Crippen LogP contribution in [0.5, 0.6) is 5.75 Å². The van der Waals surface area contributed by atoms with Crippen LogP contribution in [0.2, 0.25) is 10.0 Å². The summed E-state index contributed by atoms with van der Waals surface area (Å²) in [6, 6.07) is 4.49. The van der Waals surface area contributed by atoms with Crippen molar-refractivity contribution in [3.05, 3.63) is 27.7 Å². The number of methoxy groups -OCH3 is 1. The van der Waals surface area contributed by atoms with Crippen molar-refractivity contribution in [3.63, 3.8) is 0 Å². The summed E-state index contributed by atoms with van der Waals surface area (Å²) in [6.07, 6.45) is 9.37. The van der Waals surface area contributed by atoms with Gasteiger partial charge in [-0.2, -0.15) is 0 Å². The van der Waals surface area contributed by atoms with Crippen LogP contribution in [0.1, 0.15) is 50.5 Å². The number of benzene rings is 1. The molecule has 1 aromatic rings. The van der Waals surface area contributed by atoms with Crippen LogP contribution in [0.25, 0.3) is 0 Å². The molecule has 0 bridgehead atoms. The maximum atomic E-state index is 6.17. The fourth-order valence-electron chi connectivity index (χ4n) is 2.83. The van der Waals surface area contributed by atoms with E-state index in [1.165, 1.54) is 44.9 Å². The Bertz CT molecular complexity index is 405. The molecule has 0 heterocycles. The highest BCUT2D eigenvalue weighted by atomic mass is 35.5. The van der Waals surface area contributed by atoms with E-state index in [2.05, 4.69) is 5.32 Å². The second kappa shape index (κ2) is 8.11. The molecule has 1 fully saturated rings. The lowest BCUT2D eigenvalue weighted by atomic mass is 9.96. The van der Waals surface area contributed by atoms with Crippen molar-refractivity contribution < 1.29 is 4.74 Å². The molecule has 4 heteroatoms. The average Bonchev–Trinajstić information content (AvgIpc) is 2.37. The summed E-state index contributed by atoms with van der Waals surface area (Å²) in [5, 5.41) is 4.80.